The summed E-state index contributed by atoms with van der Waals surface area (Å²) >= 11 is 0. The molecule has 0 bridgehead atoms. The van der Waals surface area contributed by atoms with Gasteiger partial charge in [-0.05, 0) is 32.9 Å². The molecule has 0 unspecified atom stereocenters. The largest absolute Gasteiger partial charge is 0.481 e. The van der Waals surface area contributed by atoms with Gasteiger partial charge in [-0.25, -0.2) is 9.78 Å². The van der Waals surface area contributed by atoms with Gasteiger partial charge in [-0.3, -0.25) is 14.9 Å². The molecular weight excluding hydrogens is 264 g/mol. The molecule has 0 spiro atoms. The van der Waals surface area contributed by atoms with Crippen LogP contribution in [0.2, 0.25) is 0 Å². The van der Waals surface area contributed by atoms with Gasteiger partial charge in [0.2, 0.25) is 0 Å². The van der Waals surface area contributed by atoms with E-state index in [9.17, 15) is 9.59 Å². The van der Waals surface area contributed by atoms with Crippen molar-refractivity contribution in [2.75, 3.05) is 5.32 Å². The van der Waals surface area contributed by atoms with Gasteiger partial charge >= 0.3 is 6.09 Å². The van der Waals surface area contributed by atoms with Gasteiger partial charge in [0.1, 0.15) is 11.3 Å². The van der Waals surface area contributed by atoms with E-state index in [0.717, 1.165) is 6.92 Å². The second-order valence-corrected chi connectivity index (χ2v) is 4.69. The van der Waals surface area contributed by atoms with Crippen molar-refractivity contribution < 1.29 is 19.4 Å². The molecule has 0 saturated carbocycles. The normalized spacial score (nSPS) is 9.80. The minimum absolute atomic E-state index is 0.0965. The van der Waals surface area contributed by atoms with Crippen LogP contribution in [0.25, 0.3) is 0 Å². The highest BCUT2D eigenvalue weighted by atomic mass is 16.6. The number of aromatic nitrogens is 1. The highest BCUT2D eigenvalue weighted by molar-refractivity contribution is 5.84. The molecule has 2 N–H and O–H groups in total. The second-order valence-electron chi connectivity index (χ2n) is 4.69. The number of amides is 1. The minimum Gasteiger partial charge on any atom is -0.481 e. The van der Waals surface area contributed by atoms with Crippen molar-refractivity contribution in [3.05, 3.63) is 34.7 Å². The molecule has 7 nitrogen and oxygen atoms in total. The maximum absolute atomic E-state index is 11.4. The second kappa shape index (κ2) is 7.88. The number of aliphatic carboxylic acids is 1. The molecule has 1 aromatic rings. The van der Waals surface area contributed by atoms with Crippen LogP contribution in [0.3, 0.4) is 0 Å². The summed E-state index contributed by atoms with van der Waals surface area (Å²) in [6.45, 7) is 6.32. The third kappa shape index (κ3) is 9.58. The van der Waals surface area contributed by atoms with Crippen LogP contribution in [0, 0.1) is 0 Å². The number of hydrogen-bond acceptors (Lipinski definition) is 5. The average molecular weight is 282 g/mol. The predicted octanol–water partition coefficient (Wildman–Crippen LogP) is 1.88. The molecule has 110 valence electrons. The Hall–Kier alpha value is -2.44. The summed E-state index contributed by atoms with van der Waals surface area (Å²) in [5.74, 6) is -0.833. The van der Waals surface area contributed by atoms with Crippen LogP contribution in [0.1, 0.15) is 27.7 Å². The van der Waals surface area contributed by atoms with Gasteiger partial charge in [0.05, 0.1) is 0 Å². The van der Waals surface area contributed by atoms with E-state index in [4.69, 9.17) is 14.6 Å². The number of rotatable bonds is 1. The molecule has 20 heavy (non-hydrogen) atoms. The quantitative estimate of drug-likeness (QED) is 0.814. The van der Waals surface area contributed by atoms with E-state index in [1.54, 1.807) is 32.9 Å². The zero-order valence-corrected chi connectivity index (χ0v) is 11.8. The lowest BCUT2D eigenvalue weighted by atomic mass is 10.2. The van der Waals surface area contributed by atoms with Crippen molar-refractivity contribution in [3.63, 3.8) is 0 Å². The van der Waals surface area contributed by atoms with Gasteiger partial charge < -0.3 is 9.84 Å². The number of anilines is 1. The zero-order valence-electron chi connectivity index (χ0n) is 11.8. The molecule has 1 aromatic heterocycles. The smallest absolute Gasteiger partial charge is 0.412 e. The van der Waals surface area contributed by atoms with Gasteiger partial charge in [-0.1, -0.05) is 6.07 Å². The topological polar surface area (TPSA) is 106 Å². The van der Waals surface area contributed by atoms with E-state index in [1.807, 2.05) is 0 Å². The molecule has 0 saturated heterocycles. The van der Waals surface area contributed by atoms with E-state index in [2.05, 4.69) is 10.3 Å². The van der Waals surface area contributed by atoms with Crippen molar-refractivity contribution in [3.8, 4) is 0 Å². The van der Waals surface area contributed by atoms with E-state index < -0.39 is 23.2 Å². The Morgan fingerprint density at radius 3 is 2.35 bits per heavy atom. The number of carboxylic acid groups (broad SMARTS) is 1. The lowest BCUT2D eigenvalue weighted by molar-refractivity contribution is -0.134. The molecule has 0 atom stereocenters. The molecule has 0 aliphatic heterocycles. The third-order valence-electron chi connectivity index (χ3n) is 1.52. The van der Waals surface area contributed by atoms with Gasteiger partial charge in [-0.2, -0.15) is 0 Å². The first-order valence-electron chi connectivity index (χ1n) is 5.76. The van der Waals surface area contributed by atoms with Crippen LogP contribution >= 0.6 is 0 Å². The standard InChI is InChI=1S/C11H14N2O3.C2H4O2/c1-11(2,3)16-10(15)13-8-6-4-5-7-12-9(8)14;1-2(3)4/h4-7H,1-3H3,(H,12,13,14,15);1H3,(H,3,4). The molecule has 0 aliphatic rings. The number of hydrogen-bond donors (Lipinski definition) is 2. The van der Waals surface area contributed by atoms with Crippen LogP contribution in [0.5, 0.6) is 0 Å². The lowest BCUT2D eigenvalue weighted by Crippen LogP contribution is -2.28. The van der Waals surface area contributed by atoms with E-state index in [0.29, 0.717) is 0 Å². The number of carbonyl (C=O) groups is 2. The number of nitrogens with zero attached hydrogens (tertiary/aromatic N) is 1. The zero-order chi connectivity index (χ0) is 15.8. The monoisotopic (exact) mass is 282 g/mol. The van der Waals surface area contributed by atoms with Gasteiger partial charge in [-0.15, -0.1) is 0 Å². The highest BCUT2D eigenvalue weighted by Crippen LogP contribution is 2.08. The van der Waals surface area contributed by atoms with Crippen LogP contribution < -0.4 is 10.9 Å². The minimum atomic E-state index is -0.833. The van der Waals surface area contributed by atoms with Crippen molar-refractivity contribution in [1.29, 1.82) is 0 Å². The first-order valence-corrected chi connectivity index (χ1v) is 5.76. The Kier molecular flexibility index (Phi) is 6.92. The number of carboxylic acids is 1. The predicted molar refractivity (Wildman–Crippen MR) is 73.7 cm³/mol. The summed E-state index contributed by atoms with van der Waals surface area (Å²) in [5.41, 5.74) is -1.01. The van der Waals surface area contributed by atoms with E-state index in [1.165, 1.54) is 12.3 Å². The summed E-state index contributed by atoms with van der Waals surface area (Å²) < 4.78 is 5.01. The molecule has 0 aromatic carbocycles. The van der Waals surface area contributed by atoms with Gasteiger partial charge in [0, 0.05) is 13.1 Å². The Bertz CT molecular complexity index is 519. The fraction of sp³-hybridized carbons (Fsp3) is 0.385. The molecule has 0 fully saturated rings. The molecule has 7 heteroatoms. The molecule has 1 amide bonds. The Morgan fingerprint density at radius 2 is 1.85 bits per heavy atom. The average Bonchev–Trinajstić information content (AvgIpc) is 2.40. The first kappa shape index (κ1) is 17.6. The van der Waals surface area contributed by atoms with Crippen molar-refractivity contribution in [1.82, 2.24) is 4.98 Å². The molecule has 1 rings (SSSR count). The van der Waals surface area contributed by atoms with Crippen molar-refractivity contribution in [2.45, 2.75) is 33.3 Å². The first-order chi connectivity index (χ1) is 9.11. The maximum Gasteiger partial charge on any atom is 0.412 e. The van der Waals surface area contributed by atoms with E-state index >= 15 is 0 Å². The van der Waals surface area contributed by atoms with Crippen molar-refractivity contribution in [2.24, 2.45) is 0 Å². The van der Waals surface area contributed by atoms with Crippen LogP contribution in [0.4, 0.5) is 10.5 Å². The Labute approximate surface area is 116 Å². The summed E-state index contributed by atoms with van der Waals surface area (Å²) in [4.78, 5) is 35.3. The summed E-state index contributed by atoms with van der Waals surface area (Å²) in [7, 11) is 0. The van der Waals surface area contributed by atoms with Crippen LogP contribution in [0.15, 0.2) is 29.2 Å². The third-order valence-corrected chi connectivity index (χ3v) is 1.52. The van der Waals surface area contributed by atoms with E-state index in [-0.39, 0.29) is 5.69 Å². The molecule has 0 radical (unpaired) electrons. The van der Waals surface area contributed by atoms with Gasteiger partial charge in [0.15, 0.2) is 0 Å². The lowest BCUT2D eigenvalue weighted by Gasteiger charge is -2.19. The summed E-state index contributed by atoms with van der Waals surface area (Å²) in [6.07, 6.45) is 0.695. The fourth-order valence-electron chi connectivity index (χ4n) is 0.962. The molecule has 1 heterocycles. The van der Waals surface area contributed by atoms with Crippen LogP contribution in [-0.4, -0.2) is 27.8 Å². The van der Waals surface area contributed by atoms with Gasteiger partial charge in [0.25, 0.3) is 11.5 Å². The number of ether oxygens (including phenoxy) is 1. The Morgan fingerprint density at radius 1 is 1.30 bits per heavy atom. The number of nitrogens with one attached hydrogen (secondary N) is 1. The number of carbonyl (C=O) groups excluding carboxylic acids is 1. The molecular formula is C13H18N2O5. The fourth-order valence-corrected chi connectivity index (χ4v) is 0.962. The molecule has 0 aliphatic carbocycles. The highest BCUT2D eigenvalue weighted by Gasteiger charge is 2.16. The SMILES string of the molecule is CC(=O)O.CC(C)(C)OC(=O)Nc1ccccnc1=O. The van der Waals surface area contributed by atoms with Crippen LogP contribution in [-0.2, 0) is 9.53 Å². The Balaban J connectivity index is 0.000000796. The summed E-state index contributed by atoms with van der Waals surface area (Å²) in [6, 6.07) is 4.68. The van der Waals surface area contributed by atoms with Crippen molar-refractivity contribution >= 4 is 17.7 Å². The summed E-state index contributed by atoms with van der Waals surface area (Å²) in [5, 5.41) is 9.77. The maximum atomic E-state index is 11.4.